The molecule has 1 aromatic heterocycles. The van der Waals surface area contributed by atoms with Crippen molar-refractivity contribution >= 4 is 17.4 Å². The van der Waals surface area contributed by atoms with Crippen LogP contribution in [-0.4, -0.2) is 26.7 Å². The third-order valence-corrected chi connectivity index (χ3v) is 5.91. The topological polar surface area (TPSA) is 108 Å². The second kappa shape index (κ2) is 10.3. The fraction of sp³-hybridized carbons (Fsp3) is 0.310. The third-order valence-electron chi connectivity index (χ3n) is 5.91. The van der Waals surface area contributed by atoms with Gasteiger partial charge in [-0.2, -0.15) is 0 Å². The number of carbonyl (C=O) groups excluding carboxylic acids is 1. The van der Waals surface area contributed by atoms with E-state index in [9.17, 15) is 15.0 Å². The largest absolute Gasteiger partial charge is 0.385 e. The zero-order valence-corrected chi connectivity index (χ0v) is 20.9. The standard InChI is InChI=1S/C29H33N3O3/c1-6-29(35,7-2)23-14-19(3)13-21(16-23)22-17-25(26(30)31-18-22)27(33)32-24-10-8-9-20(15-24)11-12-28(4,5)34/h8-10,13-18,34-35H,6-7H2,1-5H3,(H2,30,31)(H,32,33). The van der Waals surface area contributed by atoms with Crippen LogP contribution in [-0.2, 0) is 5.60 Å². The quantitative estimate of drug-likeness (QED) is 0.378. The molecule has 0 unspecified atom stereocenters. The molecule has 0 fully saturated rings. The molecule has 0 aliphatic rings. The van der Waals surface area contributed by atoms with E-state index in [2.05, 4.69) is 22.1 Å². The molecule has 35 heavy (non-hydrogen) atoms. The molecule has 1 amide bonds. The predicted octanol–water partition coefficient (Wildman–Crippen LogP) is 5.02. The van der Waals surface area contributed by atoms with Crippen LogP contribution in [0.15, 0.2) is 54.7 Å². The molecule has 0 radical (unpaired) electrons. The number of nitrogens with one attached hydrogen (secondary N) is 1. The minimum absolute atomic E-state index is 0.121. The predicted molar refractivity (Wildman–Crippen MR) is 141 cm³/mol. The maximum absolute atomic E-state index is 13.1. The molecule has 0 aliphatic heterocycles. The van der Waals surface area contributed by atoms with Crippen molar-refractivity contribution in [3.8, 4) is 23.0 Å². The minimum Gasteiger partial charge on any atom is -0.385 e. The number of hydrogen-bond acceptors (Lipinski definition) is 5. The molecule has 0 saturated heterocycles. The van der Waals surface area contributed by atoms with E-state index in [1.54, 1.807) is 50.4 Å². The smallest absolute Gasteiger partial charge is 0.259 e. The van der Waals surface area contributed by atoms with E-state index in [1.165, 1.54) is 0 Å². The molecule has 3 rings (SSSR count). The Morgan fingerprint density at radius 2 is 1.77 bits per heavy atom. The van der Waals surface area contributed by atoms with Crippen LogP contribution in [0.3, 0.4) is 0 Å². The highest BCUT2D eigenvalue weighted by Gasteiger charge is 2.25. The molecule has 0 atom stereocenters. The summed E-state index contributed by atoms with van der Waals surface area (Å²) in [5.74, 6) is 5.39. The van der Waals surface area contributed by atoms with Crippen LogP contribution in [0.5, 0.6) is 0 Å². The van der Waals surface area contributed by atoms with Crippen molar-refractivity contribution in [3.63, 3.8) is 0 Å². The molecule has 5 N–H and O–H groups in total. The van der Waals surface area contributed by atoms with Crippen molar-refractivity contribution < 1.29 is 15.0 Å². The van der Waals surface area contributed by atoms with E-state index < -0.39 is 17.1 Å². The lowest BCUT2D eigenvalue weighted by Gasteiger charge is -2.27. The van der Waals surface area contributed by atoms with Crippen LogP contribution >= 0.6 is 0 Å². The normalized spacial score (nSPS) is 11.5. The van der Waals surface area contributed by atoms with Crippen molar-refractivity contribution in [3.05, 3.63) is 77.0 Å². The number of rotatable bonds is 6. The van der Waals surface area contributed by atoms with Crippen molar-refractivity contribution in [1.82, 2.24) is 4.98 Å². The molecule has 0 aliphatic carbocycles. The minimum atomic E-state index is -1.11. The third kappa shape index (κ3) is 6.48. The Morgan fingerprint density at radius 3 is 2.43 bits per heavy atom. The lowest BCUT2D eigenvalue weighted by molar-refractivity contribution is 0.0283. The lowest BCUT2D eigenvalue weighted by Crippen LogP contribution is -2.23. The first kappa shape index (κ1) is 26.0. The molecule has 182 valence electrons. The van der Waals surface area contributed by atoms with Gasteiger partial charge in [-0.25, -0.2) is 4.98 Å². The van der Waals surface area contributed by atoms with Gasteiger partial charge in [0, 0.05) is 23.0 Å². The Kier molecular flexibility index (Phi) is 7.64. The summed E-state index contributed by atoms with van der Waals surface area (Å²) < 4.78 is 0. The fourth-order valence-corrected chi connectivity index (χ4v) is 3.79. The van der Waals surface area contributed by atoms with Gasteiger partial charge in [0.25, 0.3) is 5.91 Å². The van der Waals surface area contributed by atoms with Crippen LogP contribution in [0.2, 0.25) is 0 Å². The first-order valence-electron chi connectivity index (χ1n) is 11.7. The van der Waals surface area contributed by atoms with Gasteiger partial charge in [-0.3, -0.25) is 4.79 Å². The van der Waals surface area contributed by atoms with E-state index in [4.69, 9.17) is 5.73 Å². The summed E-state index contributed by atoms with van der Waals surface area (Å²) in [7, 11) is 0. The van der Waals surface area contributed by atoms with Gasteiger partial charge in [0.2, 0.25) is 0 Å². The molecule has 0 bridgehead atoms. The van der Waals surface area contributed by atoms with E-state index in [1.807, 2.05) is 39.0 Å². The first-order valence-corrected chi connectivity index (χ1v) is 11.7. The fourth-order valence-electron chi connectivity index (χ4n) is 3.79. The number of nitrogens with two attached hydrogens (primary N) is 1. The van der Waals surface area contributed by atoms with Gasteiger partial charge in [0.1, 0.15) is 11.4 Å². The Morgan fingerprint density at radius 1 is 1.06 bits per heavy atom. The maximum Gasteiger partial charge on any atom is 0.259 e. The van der Waals surface area contributed by atoms with Gasteiger partial charge in [0.05, 0.1) is 11.2 Å². The molecule has 6 nitrogen and oxygen atoms in total. The Balaban J connectivity index is 1.93. The molecule has 0 saturated carbocycles. The average molecular weight is 472 g/mol. The zero-order chi connectivity index (χ0) is 25.8. The zero-order valence-electron chi connectivity index (χ0n) is 20.9. The van der Waals surface area contributed by atoms with Crippen LogP contribution < -0.4 is 11.1 Å². The monoisotopic (exact) mass is 471 g/mol. The number of aromatic nitrogens is 1. The highest BCUT2D eigenvalue weighted by atomic mass is 16.3. The van der Waals surface area contributed by atoms with Crippen LogP contribution in [0.25, 0.3) is 11.1 Å². The van der Waals surface area contributed by atoms with Gasteiger partial charge in [-0.1, -0.05) is 49.5 Å². The van der Waals surface area contributed by atoms with Gasteiger partial charge in [0.15, 0.2) is 0 Å². The van der Waals surface area contributed by atoms with Gasteiger partial charge in [-0.05, 0) is 75.1 Å². The highest BCUT2D eigenvalue weighted by Crippen LogP contribution is 2.33. The molecular weight excluding hydrogens is 438 g/mol. The number of amides is 1. The van der Waals surface area contributed by atoms with Crippen LogP contribution in [0.1, 0.15) is 67.6 Å². The number of nitrogens with zero attached hydrogens (tertiary/aromatic N) is 1. The Labute approximate surface area is 207 Å². The molecular formula is C29H33N3O3. The summed E-state index contributed by atoms with van der Waals surface area (Å²) in [4.78, 5) is 17.3. The maximum atomic E-state index is 13.1. The number of benzene rings is 2. The van der Waals surface area contributed by atoms with E-state index in [-0.39, 0.29) is 11.4 Å². The molecule has 3 aromatic rings. The number of carbonyl (C=O) groups is 1. The summed E-state index contributed by atoms with van der Waals surface area (Å²) >= 11 is 0. The summed E-state index contributed by atoms with van der Waals surface area (Å²) in [6.45, 7) is 9.12. The molecule has 1 heterocycles. The van der Waals surface area contributed by atoms with E-state index in [0.717, 1.165) is 22.3 Å². The number of anilines is 2. The number of hydrogen-bond donors (Lipinski definition) is 4. The second-order valence-electron chi connectivity index (χ2n) is 9.33. The molecule has 0 spiro atoms. The number of aryl methyl sites for hydroxylation is 1. The van der Waals surface area contributed by atoms with Gasteiger partial charge in [-0.15, -0.1) is 0 Å². The van der Waals surface area contributed by atoms with Gasteiger partial charge < -0.3 is 21.3 Å². The van der Waals surface area contributed by atoms with Crippen molar-refractivity contribution in [2.24, 2.45) is 0 Å². The van der Waals surface area contributed by atoms with E-state index in [0.29, 0.717) is 24.1 Å². The number of pyridine rings is 1. The van der Waals surface area contributed by atoms with Crippen LogP contribution in [0.4, 0.5) is 11.5 Å². The first-order chi connectivity index (χ1) is 16.4. The number of nitrogen functional groups attached to an aromatic ring is 1. The Bertz CT molecular complexity index is 1290. The lowest BCUT2D eigenvalue weighted by atomic mass is 9.86. The highest BCUT2D eigenvalue weighted by molar-refractivity contribution is 6.08. The van der Waals surface area contributed by atoms with Crippen LogP contribution in [0, 0.1) is 18.8 Å². The summed E-state index contributed by atoms with van der Waals surface area (Å²) in [5.41, 5.74) is 8.92. The van der Waals surface area contributed by atoms with Gasteiger partial charge >= 0.3 is 0 Å². The molecule has 2 aromatic carbocycles. The summed E-state index contributed by atoms with van der Waals surface area (Å²) in [6.07, 6.45) is 2.83. The Hall–Kier alpha value is -3.66. The SMILES string of the molecule is CCC(O)(CC)c1cc(C)cc(-c2cnc(N)c(C(=O)Nc3cccc(C#CC(C)(C)O)c3)c2)c1. The molecule has 6 heteroatoms. The van der Waals surface area contributed by atoms with Crippen molar-refractivity contribution in [2.75, 3.05) is 11.1 Å². The van der Waals surface area contributed by atoms with Crippen molar-refractivity contribution in [2.45, 2.75) is 58.7 Å². The van der Waals surface area contributed by atoms with E-state index >= 15 is 0 Å². The second-order valence-corrected chi connectivity index (χ2v) is 9.33. The summed E-state index contributed by atoms with van der Waals surface area (Å²) in [6, 6.07) is 14.7. The number of aliphatic hydroxyl groups is 2. The van der Waals surface area contributed by atoms with Crippen molar-refractivity contribution in [1.29, 1.82) is 0 Å². The average Bonchev–Trinajstić information content (AvgIpc) is 2.82. The summed E-state index contributed by atoms with van der Waals surface area (Å²) in [5, 5.41) is 23.7.